The molecule has 0 saturated carbocycles. The Labute approximate surface area is 124 Å². The average molecular weight is 287 g/mol. The van der Waals surface area contributed by atoms with Crippen molar-refractivity contribution in [2.75, 3.05) is 18.4 Å². The number of carbonyl (C=O) groups is 2. The van der Waals surface area contributed by atoms with Crippen molar-refractivity contribution in [2.24, 2.45) is 0 Å². The minimum atomic E-state index is -0.151. The van der Waals surface area contributed by atoms with Gasteiger partial charge in [-0.2, -0.15) is 0 Å². The molecule has 1 aliphatic heterocycles. The zero-order valence-electron chi connectivity index (χ0n) is 12.0. The second-order valence-electron chi connectivity index (χ2n) is 5.07. The molecular weight excluding hydrogens is 266 g/mol. The minimum Gasteiger partial charge on any atom is -0.349 e. The summed E-state index contributed by atoms with van der Waals surface area (Å²) in [6.45, 7) is 4.87. The molecule has 0 radical (unpaired) electrons. The molecule has 1 saturated heterocycles. The average Bonchev–Trinajstić information content (AvgIpc) is 2.54. The third kappa shape index (κ3) is 4.43. The number of hydrogen-bond acceptors (Lipinski definition) is 3. The Kier molecular flexibility index (Phi) is 5.51. The van der Waals surface area contributed by atoms with Crippen molar-refractivity contribution >= 4 is 17.5 Å². The van der Waals surface area contributed by atoms with Gasteiger partial charge in [-0.1, -0.05) is 12.5 Å². The maximum atomic E-state index is 12.1. The van der Waals surface area contributed by atoms with E-state index < -0.39 is 0 Å². The number of anilines is 1. The Balaban J connectivity index is 1.91. The fraction of sp³-hybridized carbons (Fsp3) is 0.375. The second kappa shape index (κ2) is 7.59. The Morgan fingerprint density at radius 3 is 2.67 bits per heavy atom. The summed E-state index contributed by atoms with van der Waals surface area (Å²) in [7, 11) is 0. The molecule has 0 spiro atoms. The lowest BCUT2D eigenvalue weighted by molar-refractivity contribution is -0.118. The van der Waals surface area contributed by atoms with E-state index in [1.807, 2.05) is 0 Å². The molecular formula is C16H21N3O2. The summed E-state index contributed by atoms with van der Waals surface area (Å²) in [5, 5.41) is 8.78. The van der Waals surface area contributed by atoms with E-state index in [1.54, 1.807) is 30.3 Å². The third-order valence-corrected chi connectivity index (χ3v) is 3.45. The molecule has 1 aromatic carbocycles. The van der Waals surface area contributed by atoms with E-state index in [1.165, 1.54) is 0 Å². The van der Waals surface area contributed by atoms with Crippen molar-refractivity contribution in [2.45, 2.75) is 25.3 Å². The predicted molar refractivity (Wildman–Crippen MR) is 83.2 cm³/mol. The van der Waals surface area contributed by atoms with Crippen LogP contribution < -0.4 is 16.0 Å². The van der Waals surface area contributed by atoms with Crippen LogP contribution in [-0.2, 0) is 4.79 Å². The van der Waals surface area contributed by atoms with E-state index in [0.29, 0.717) is 17.8 Å². The summed E-state index contributed by atoms with van der Waals surface area (Å²) in [4.78, 5) is 23.8. The first-order chi connectivity index (χ1) is 10.2. The highest BCUT2D eigenvalue weighted by Crippen LogP contribution is 2.13. The van der Waals surface area contributed by atoms with E-state index in [9.17, 15) is 9.59 Å². The lowest BCUT2D eigenvalue weighted by Gasteiger charge is -2.22. The van der Waals surface area contributed by atoms with Crippen molar-refractivity contribution < 1.29 is 9.59 Å². The minimum absolute atomic E-state index is 0.0152. The number of rotatable bonds is 5. The fourth-order valence-electron chi connectivity index (χ4n) is 2.28. The number of nitrogens with one attached hydrogen (secondary N) is 3. The van der Waals surface area contributed by atoms with Crippen molar-refractivity contribution in [1.82, 2.24) is 10.6 Å². The molecule has 2 amide bonds. The monoisotopic (exact) mass is 287 g/mol. The first-order valence-corrected chi connectivity index (χ1v) is 7.24. The number of piperidine rings is 1. The summed E-state index contributed by atoms with van der Waals surface area (Å²) in [6, 6.07) is 6.76. The smallest absolute Gasteiger partial charge is 0.251 e. The summed E-state index contributed by atoms with van der Waals surface area (Å²) >= 11 is 0. The predicted octanol–water partition coefficient (Wildman–Crippen LogP) is 1.68. The number of benzene rings is 1. The molecule has 1 unspecified atom stereocenters. The van der Waals surface area contributed by atoms with Crippen LogP contribution in [0.4, 0.5) is 5.69 Å². The summed E-state index contributed by atoms with van der Waals surface area (Å²) in [5.74, 6) is -0.166. The topological polar surface area (TPSA) is 70.2 Å². The zero-order chi connectivity index (χ0) is 15.1. The van der Waals surface area contributed by atoms with Gasteiger partial charge in [-0.3, -0.25) is 9.59 Å². The van der Waals surface area contributed by atoms with Gasteiger partial charge in [-0.05, 0) is 43.7 Å². The summed E-state index contributed by atoms with van der Waals surface area (Å²) in [6.07, 6.45) is 4.70. The van der Waals surface area contributed by atoms with Crippen molar-refractivity contribution in [1.29, 1.82) is 0 Å². The Bertz CT molecular complexity index is 505. The van der Waals surface area contributed by atoms with E-state index >= 15 is 0 Å². The van der Waals surface area contributed by atoms with Crippen LogP contribution in [0.15, 0.2) is 36.9 Å². The highest BCUT2D eigenvalue weighted by Gasteiger charge is 2.20. The molecule has 1 heterocycles. The van der Waals surface area contributed by atoms with Gasteiger partial charge < -0.3 is 16.0 Å². The second-order valence-corrected chi connectivity index (χ2v) is 5.07. The molecule has 112 valence electrons. The fourth-order valence-corrected chi connectivity index (χ4v) is 2.28. The van der Waals surface area contributed by atoms with Crippen molar-refractivity contribution in [3.05, 3.63) is 42.5 Å². The standard InChI is InChI=1S/C16H21N3O2/c1-2-10-18-15(20)12-6-8-13(9-7-12)19-16(21)14-5-3-4-11-17-14/h2,6-9,14,17H,1,3-5,10-11H2,(H,18,20)(H,19,21). The van der Waals surface area contributed by atoms with Gasteiger partial charge >= 0.3 is 0 Å². The van der Waals surface area contributed by atoms with Crippen LogP contribution in [0, 0.1) is 0 Å². The number of hydrogen-bond donors (Lipinski definition) is 3. The van der Waals surface area contributed by atoms with Crippen LogP contribution in [0.3, 0.4) is 0 Å². The molecule has 0 aromatic heterocycles. The maximum Gasteiger partial charge on any atom is 0.251 e. The Hall–Kier alpha value is -2.14. The lowest BCUT2D eigenvalue weighted by atomic mass is 10.0. The van der Waals surface area contributed by atoms with Gasteiger partial charge in [0, 0.05) is 17.8 Å². The van der Waals surface area contributed by atoms with Gasteiger partial charge in [0.2, 0.25) is 5.91 Å². The van der Waals surface area contributed by atoms with E-state index in [2.05, 4.69) is 22.5 Å². The Morgan fingerprint density at radius 2 is 2.05 bits per heavy atom. The molecule has 1 aliphatic rings. The first-order valence-electron chi connectivity index (χ1n) is 7.24. The zero-order valence-corrected chi connectivity index (χ0v) is 12.0. The van der Waals surface area contributed by atoms with E-state index in [4.69, 9.17) is 0 Å². The van der Waals surface area contributed by atoms with Crippen LogP contribution >= 0.6 is 0 Å². The molecule has 0 aliphatic carbocycles. The van der Waals surface area contributed by atoms with Crippen LogP contribution in [0.2, 0.25) is 0 Å². The maximum absolute atomic E-state index is 12.1. The van der Waals surface area contributed by atoms with E-state index in [-0.39, 0.29) is 17.9 Å². The number of amides is 2. The third-order valence-electron chi connectivity index (χ3n) is 3.45. The molecule has 21 heavy (non-hydrogen) atoms. The normalized spacial score (nSPS) is 17.8. The number of carbonyl (C=O) groups excluding carboxylic acids is 2. The quantitative estimate of drug-likeness (QED) is 0.722. The van der Waals surface area contributed by atoms with Gasteiger partial charge in [0.1, 0.15) is 0 Å². The van der Waals surface area contributed by atoms with Crippen molar-refractivity contribution in [3.63, 3.8) is 0 Å². The molecule has 1 aromatic rings. The summed E-state index contributed by atoms with van der Waals surface area (Å²) < 4.78 is 0. The molecule has 1 fully saturated rings. The molecule has 3 N–H and O–H groups in total. The SMILES string of the molecule is C=CCNC(=O)c1ccc(NC(=O)C2CCCCN2)cc1. The molecule has 5 heteroatoms. The van der Waals surface area contributed by atoms with Gasteiger partial charge in [-0.25, -0.2) is 0 Å². The largest absolute Gasteiger partial charge is 0.349 e. The van der Waals surface area contributed by atoms with Crippen LogP contribution in [0.25, 0.3) is 0 Å². The van der Waals surface area contributed by atoms with Gasteiger partial charge in [0.15, 0.2) is 0 Å². The molecule has 1 atom stereocenters. The Morgan fingerprint density at radius 1 is 1.29 bits per heavy atom. The van der Waals surface area contributed by atoms with E-state index in [0.717, 1.165) is 25.8 Å². The molecule has 5 nitrogen and oxygen atoms in total. The summed E-state index contributed by atoms with van der Waals surface area (Å²) in [5.41, 5.74) is 1.26. The van der Waals surface area contributed by atoms with Gasteiger partial charge in [0.05, 0.1) is 6.04 Å². The van der Waals surface area contributed by atoms with Gasteiger partial charge in [0.25, 0.3) is 5.91 Å². The van der Waals surface area contributed by atoms with Crippen LogP contribution in [-0.4, -0.2) is 30.9 Å². The first kappa shape index (κ1) is 15.3. The van der Waals surface area contributed by atoms with Crippen LogP contribution in [0.1, 0.15) is 29.6 Å². The lowest BCUT2D eigenvalue weighted by Crippen LogP contribution is -2.43. The van der Waals surface area contributed by atoms with Crippen LogP contribution in [0.5, 0.6) is 0 Å². The molecule has 2 rings (SSSR count). The molecule has 0 bridgehead atoms. The highest BCUT2D eigenvalue weighted by atomic mass is 16.2. The van der Waals surface area contributed by atoms with Crippen molar-refractivity contribution in [3.8, 4) is 0 Å². The highest BCUT2D eigenvalue weighted by molar-refractivity contribution is 5.97. The van der Waals surface area contributed by atoms with Gasteiger partial charge in [-0.15, -0.1) is 6.58 Å².